The molecule has 0 aliphatic carbocycles. The molecule has 1 aromatic rings. The lowest BCUT2D eigenvalue weighted by Crippen LogP contribution is -2.31. The zero-order chi connectivity index (χ0) is 16.1. The Morgan fingerprint density at radius 3 is 2.18 bits per heavy atom. The number of amides is 3. The van der Waals surface area contributed by atoms with Crippen molar-refractivity contribution in [2.45, 2.75) is 45.6 Å². The van der Waals surface area contributed by atoms with Gasteiger partial charge in [-0.05, 0) is 38.8 Å². The largest absolute Gasteiger partial charge is 0.354 e. The molecule has 0 fully saturated rings. The molecular formula is C17H22N2O3. The molecule has 1 aliphatic rings. The molecule has 0 spiro atoms. The van der Waals surface area contributed by atoms with E-state index in [0.717, 1.165) is 19.3 Å². The van der Waals surface area contributed by atoms with E-state index in [1.165, 1.54) is 4.90 Å². The van der Waals surface area contributed by atoms with Crippen LogP contribution in [0.2, 0.25) is 0 Å². The topological polar surface area (TPSA) is 66.5 Å². The first-order chi connectivity index (χ1) is 10.5. The summed E-state index contributed by atoms with van der Waals surface area (Å²) in [5, 5.41) is 2.84. The maximum atomic E-state index is 12.1. The number of nitrogens with zero attached hydrogens (tertiary/aromatic N) is 1. The molecule has 1 heterocycles. The third-order valence-electron chi connectivity index (χ3n) is 3.61. The van der Waals surface area contributed by atoms with Crippen molar-refractivity contribution in [3.8, 4) is 0 Å². The van der Waals surface area contributed by atoms with Gasteiger partial charge in [-0.25, -0.2) is 0 Å². The number of hydrogen-bond donors (Lipinski definition) is 1. The summed E-state index contributed by atoms with van der Waals surface area (Å²) in [6.07, 6.45) is 2.79. The third-order valence-corrected chi connectivity index (χ3v) is 3.61. The molecule has 3 amide bonds. The number of carbonyl (C=O) groups excluding carboxylic acids is 3. The van der Waals surface area contributed by atoms with Crippen LogP contribution in [0.25, 0.3) is 0 Å². The maximum absolute atomic E-state index is 12.1. The Bertz CT molecular complexity index is 546. The number of nitrogens with one attached hydrogen (secondary N) is 1. The number of rotatable bonds is 7. The molecule has 0 atom stereocenters. The first-order valence-corrected chi connectivity index (χ1v) is 7.75. The zero-order valence-corrected chi connectivity index (χ0v) is 13.1. The molecule has 0 bridgehead atoms. The van der Waals surface area contributed by atoms with E-state index in [2.05, 4.69) is 5.32 Å². The quantitative estimate of drug-likeness (QED) is 0.621. The van der Waals surface area contributed by atoms with Crippen LogP contribution >= 0.6 is 0 Å². The second-order valence-electron chi connectivity index (χ2n) is 5.84. The molecular weight excluding hydrogens is 280 g/mol. The summed E-state index contributed by atoms with van der Waals surface area (Å²) in [6.45, 7) is 4.28. The average Bonchev–Trinajstić information content (AvgIpc) is 2.71. The normalized spacial score (nSPS) is 13.7. The first-order valence-electron chi connectivity index (χ1n) is 7.75. The summed E-state index contributed by atoms with van der Waals surface area (Å²) >= 11 is 0. The lowest BCUT2D eigenvalue weighted by Gasteiger charge is -2.13. The smallest absolute Gasteiger partial charge is 0.261 e. The monoisotopic (exact) mass is 302 g/mol. The highest BCUT2D eigenvalue weighted by Gasteiger charge is 2.34. The van der Waals surface area contributed by atoms with E-state index in [-0.39, 0.29) is 23.8 Å². The molecule has 1 N–H and O–H groups in total. The maximum Gasteiger partial charge on any atom is 0.261 e. The summed E-state index contributed by atoms with van der Waals surface area (Å²) < 4.78 is 0. The van der Waals surface area contributed by atoms with Crippen molar-refractivity contribution in [2.75, 3.05) is 6.54 Å². The third kappa shape index (κ3) is 3.72. The van der Waals surface area contributed by atoms with Crippen molar-refractivity contribution in [3.63, 3.8) is 0 Å². The molecule has 1 aliphatic heterocycles. The second kappa shape index (κ2) is 7.20. The molecule has 0 radical (unpaired) electrons. The predicted octanol–water partition coefficient (Wildman–Crippen LogP) is 2.37. The van der Waals surface area contributed by atoms with Gasteiger partial charge in [-0.1, -0.05) is 18.6 Å². The number of hydrogen-bond acceptors (Lipinski definition) is 3. The van der Waals surface area contributed by atoms with Gasteiger partial charge in [0.15, 0.2) is 0 Å². The van der Waals surface area contributed by atoms with E-state index in [1.54, 1.807) is 24.3 Å². The molecule has 2 rings (SSSR count). The van der Waals surface area contributed by atoms with Crippen molar-refractivity contribution < 1.29 is 14.4 Å². The molecule has 5 nitrogen and oxygen atoms in total. The van der Waals surface area contributed by atoms with Gasteiger partial charge in [0.1, 0.15) is 0 Å². The Morgan fingerprint density at radius 1 is 1.05 bits per heavy atom. The fraction of sp³-hybridized carbons (Fsp3) is 0.471. The van der Waals surface area contributed by atoms with Crippen molar-refractivity contribution in [2.24, 2.45) is 0 Å². The van der Waals surface area contributed by atoms with E-state index in [4.69, 9.17) is 0 Å². The Morgan fingerprint density at radius 2 is 1.64 bits per heavy atom. The molecule has 118 valence electrons. The molecule has 0 saturated heterocycles. The Hall–Kier alpha value is -2.17. The molecule has 0 saturated carbocycles. The summed E-state index contributed by atoms with van der Waals surface area (Å²) in [5.41, 5.74) is 0.979. The Balaban J connectivity index is 1.74. The zero-order valence-electron chi connectivity index (χ0n) is 13.1. The Labute approximate surface area is 130 Å². The Kier molecular flexibility index (Phi) is 5.31. The first kappa shape index (κ1) is 16.2. The van der Waals surface area contributed by atoms with Crippen molar-refractivity contribution in [3.05, 3.63) is 35.4 Å². The summed E-state index contributed by atoms with van der Waals surface area (Å²) in [6, 6.07) is 7.06. The van der Waals surface area contributed by atoms with Crippen LogP contribution < -0.4 is 5.32 Å². The van der Waals surface area contributed by atoms with E-state index >= 15 is 0 Å². The lowest BCUT2D eigenvalue weighted by atomic mass is 10.1. The number of unbranched alkanes of at least 4 members (excludes halogenated alkanes) is 2. The summed E-state index contributed by atoms with van der Waals surface area (Å²) in [7, 11) is 0. The van der Waals surface area contributed by atoms with E-state index in [0.29, 0.717) is 24.1 Å². The lowest BCUT2D eigenvalue weighted by molar-refractivity contribution is -0.121. The minimum atomic E-state index is -0.210. The van der Waals surface area contributed by atoms with Gasteiger partial charge in [-0.3, -0.25) is 19.3 Å². The van der Waals surface area contributed by atoms with Crippen LogP contribution in [0.5, 0.6) is 0 Å². The van der Waals surface area contributed by atoms with Gasteiger partial charge >= 0.3 is 0 Å². The molecule has 5 heteroatoms. The van der Waals surface area contributed by atoms with Crippen LogP contribution in [-0.4, -0.2) is 35.2 Å². The fourth-order valence-electron chi connectivity index (χ4n) is 2.57. The SMILES string of the molecule is CC(C)NC(=O)CCCCCN1C(=O)c2ccccc2C1=O. The molecule has 1 aromatic carbocycles. The van der Waals surface area contributed by atoms with Crippen LogP contribution in [0.15, 0.2) is 24.3 Å². The number of carbonyl (C=O) groups is 3. The van der Waals surface area contributed by atoms with Gasteiger partial charge in [0, 0.05) is 19.0 Å². The molecule has 0 unspecified atom stereocenters. The number of benzene rings is 1. The summed E-state index contributed by atoms with van der Waals surface area (Å²) in [5.74, 6) is -0.368. The standard InChI is InChI=1S/C17H22N2O3/c1-12(2)18-15(20)10-4-3-7-11-19-16(21)13-8-5-6-9-14(13)17(19)22/h5-6,8-9,12H,3-4,7,10-11H2,1-2H3,(H,18,20). The van der Waals surface area contributed by atoms with Gasteiger partial charge in [0.2, 0.25) is 5.91 Å². The molecule has 0 aromatic heterocycles. The van der Waals surface area contributed by atoms with Crippen LogP contribution in [0.3, 0.4) is 0 Å². The van der Waals surface area contributed by atoms with Crippen molar-refractivity contribution in [1.29, 1.82) is 0 Å². The average molecular weight is 302 g/mol. The van der Waals surface area contributed by atoms with Crippen LogP contribution in [0.4, 0.5) is 0 Å². The second-order valence-corrected chi connectivity index (χ2v) is 5.84. The van der Waals surface area contributed by atoms with Gasteiger partial charge in [0.05, 0.1) is 11.1 Å². The van der Waals surface area contributed by atoms with E-state index in [9.17, 15) is 14.4 Å². The highest BCUT2D eigenvalue weighted by Crippen LogP contribution is 2.22. The number of imide groups is 1. The van der Waals surface area contributed by atoms with Crippen molar-refractivity contribution in [1.82, 2.24) is 10.2 Å². The van der Waals surface area contributed by atoms with Gasteiger partial charge in [0.25, 0.3) is 11.8 Å². The highest BCUT2D eigenvalue weighted by molar-refractivity contribution is 6.21. The number of fused-ring (bicyclic) bond motifs is 1. The van der Waals surface area contributed by atoms with E-state index in [1.807, 2.05) is 13.8 Å². The van der Waals surface area contributed by atoms with Crippen LogP contribution in [0, 0.1) is 0 Å². The van der Waals surface area contributed by atoms with E-state index < -0.39 is 0 Å². The van der Waals surface area contributed by atoms with Gasteiger partial charge in [-0.2, -0.15) is 0 Å². The fourth-order valence-corrected chi connectivity index (χ4v) is 2.57. The minimum Gasteiger partial charge on any atom is -0.354 e. The summed E-state index contributed by atoms with van der Waals surface area (Å²) in [4.78, 5) is 37.1. The van der Waals surface area contributed by atoms with Crippen LogP contribution in [-0.2, 0) is 4.79 Å². The van der Waals surface area contributed by atoms with Gasteiger partial charge in [-0.15, -0.1) is 0 Å². The minimum absolute atomic E-state index is 0.0516. The van der Waals surface area contributed by atoms with Crippen molar-refractivity contribution >= 4 is 17.7 Å². The highest BCUT2D eigenvalue weighted by atomic mass is 16.2. The van der Waals surface area contributed by atoms with Crippen LogP contribution in [0.1, 0.15) is 60.2 Å². The predicted molar refractivity (Wildman–Crippen MR) is 83.6 cm³/mol. The molecule has 22 heavy (non-hydrogen) atoms. The van der Waals surface area contributed by atoms with Gasteiger partial charge < -0.3 is 5.32 Å².